The molecule has 9 nitrogen and oxygen atoms in total. The van der Waals surface area contributed by atoms with E-state index in [9.17, 15) is 13.8 Å². The normalized spacial score (nSPS) is 16.2. The maximum Gasteiger partial charge on any atom is 0.253 e. The molecule has 0 aromatic heterocycles. The summed E-state index contributed by atoms with van der Waals surface area (Å²) < 4.78 is 17.9. The zero-order valence-corrected chi connectivity index (χ0v) is 21.3. The van der Waals surface area contributed by atoms with Crippen molar-refractivity contribution in [1.82, 2.24) is 16.1 Å². The van der Waals surface area contributed by atoms with Crippen LogP contribution in [-0.4, -0.2) is 31.6 Å². The fraction of sp³-hybridized carbons (Fsp3) is 0.154. The second-order valence-corrected chi connectivity index (χ2v) is 10.2. The number of hydrogen-bond acceptors (Lipinski definition) is 7. The summed E-state index contributed by atoms with van der Waals surface area (Å²) in [5.41, 5.74) is 11.0. The number of nitrogens with one attached hydrogen (secondary N) is 3. The summed E-state index contributed by atoms with van der Waals surface area (Å²) in [6, 6.07) is 23.8. The summed E-state index contributed by atoms with van der Waals surface area (Å²) >= 11 is 4.87. The molecule has 190 valence electrons. The molecular formula is C26H25N5O4S2. The Kier molecular flexibility index (Phi) is 8.72. The van der Waals surface area contributed by atoms with Crippen LogP contribution in [0.5, 0.6) is 5.75 Å². The predicted molar refractivity (Wildman–Crippen MR) is 146 cm³/mol. The molecule has 37 heavy (non-hydrogen) atoms. The van der Waals surface area contributed by atoms with Crippen LogP contribution in [-0.2, 0) is 33.4 Å². The molecule has 0 spiro atoms. The molecule has 0 aliphatic carbocycles. The van der Waals surface area contributed by atoms with Gasteiger partial charge < -0.3 is 15.8 Å². The van der Waals surface area contributed by atoms with Crippen molar-refractivity contribution in [3.05, 3.63) is 102 Å². The van der Waals surface area contributed by atoms with Gasteiger partial charge >= 0.3 is 0 Å². The number of carbonyl (C=O) groups is 2. The number of nitrogens with zero attached hydrogens (tertiary/aromatic N) is 1. The van der Waals surface area contributed by atoms with Gasteiger partial charge in [0.25, 0.3) is 5.91 Å². The third-order valence-corrected chi connectivity index (χ3v) is 6.99. The van der Waals surface area contributed by atoms with Gasteiger partial charge in [0, 0.05) is 0 Å². The molecule has 1 aliphatic rings. The van der Waals surface area contributed by atoms with E-state index in [1.54, 1.807) is 30.3 Å². The van der Waals surface area contributed by atoms with Gasteiger partial charge in [0.15, 0.2) is 15.1 Å². The summed E-state index contributed by atoms with van der Waals surface area (Å²) in [5, 5.41) is 8.81. The van der Waals surface area contributed by atoms with E-state index in [-0.39, 0.29) is 15.9 Å². The average Bonchev–Trinajstić information content (AvgIpc) is 3.24. The number of carbonyl (C=O) groups excluding carboxylic acids is 2. The van der Waals surface area contributed by atoms with Crippen LogP contribution in [0.25, 0.3) is 0 Å². The lowest BCUT2D eigenvalue weighted by molar-refractivity contribution is -0.129. The highest BCUT2D eigenvalue weighted by Gasteiger charge is 2.30. The molecule has 0 fully saturated rings. The Hall–Kier alpha value is -3.93. The minimum Gasteiger partial charge on any atom is -0.489 e. The van der Waals surface area contributed by atoms with Crippen molar-refractivity contribution in [3.63, 3.8) is 0 Å². The van der Waals surface area contributed by atoms with E-state index in [1.807, 2.05) is 54.6 Å². The number of hydrogen-bond donors (Lipinski definition) is 4. The molecule has 0 radical (unpaired) electrons. The SMILES string of the molecule is N[C@@H](Cc1ccc(OCc2ccccc2)cc1)C(=O)NC(C(=O)NC1=NNC(=S)S1=O)c1ccccc1. The third-order valence-electron chi connectivity index (χ3n) is 5.47. The first-order valence-electron chi connectivity index (χ1n) is 11.4. The van der Waals surface area contributed by atoms with Gasteiger partial charge in [0.05, 0.1) is 6.04 Å². The van der Waals surface area contributed by atoms with E-state index in [2.05, 4.69) is 21.2 Å². The van der Waals surface area contributed by atoms with Crippen molar-refractivity contribution in [2.75, 3.05) is 0 Å². The molecule has 3 aromatic carbocycles. The van der Waals surface area contributed by atoms with Crippen molar-refractivity contribution in [2.24, 2.45) is 10.8 Å². The second kappa shape index (κ2) is 12.3. The molecule has 2 amide bonds. The number of hydrazone groups is 1. The molecule has 1 aliphatic heterocycles. The second-order valence-electron chi connectivity index (χ2n) is 8.16. The summed E-state index contributed by atoms with van der Waals surface area (Å²) in [6.45, 7) is 0.451. The Bertz CT molecular complexity index is 1320. The van der Waals surface area contributed by atoms with Gasteiger partial charge in [-0.3, -0.25) is 20.3 Å². The Morgan fingerprint density at radius 1 is 0.946 bits per heavy atom. The molecule has 1 heterocycles. The number of rotatable bonds is 9. The van der Waals surface area contributed by atoms with Crippen molar-refractivity contribution < 1.29 is 18.5 Å². The number of ether oxygens (including phenoxy) is 1. The molecule has 3 aromatic rings. The zero-order chi connectivity index (χ0) is 26.2. The van der Waals surface area contributed by atoms with Crippen LogP contribution in [0.1, 0.15) is 22.7 Å². The molecule has 0 bridgehead atoms. The van der Waals surface area contributed by atoms with Crippen LogP contribution in [0.15, 0.2) is 90.0 Å². The smallest absolute Gasteiger partial charge is 0.253 e. The lowest BCUT2D eigenvalue weighted by Crippen LogP contribution is -2.48. The largest absolute Gasteiger partial charge is 0.489 e. The van der Waals surface area contributed by atoms with Crippen LogP contribution < -0.4 is 26.5 Å². The average molecular weight is 536 g/mol. The van der Waals surface area contributed by atoms with Crippen LogP contribution in [0, 0.1) is 0 Å². The summed E-state index contributed by atoms with van der Waals surface area (Å²) in [4.78, 5) is 26.0. The Balaban J connectivity index is 1.37. The maximum atomic E-state index is 13.0. The zero-order valence-electron chi connectivity index (χ0n) is 19.6. The molecule has 11 heteroatoms. The van der Waals surface area contributed by atoms with Gasteiger partial charge in [-0.1, -0.05) is 72.8 Å². The van der Waals surface area contributed by atoms with Crippen LogP contribution in [0.2, 0.25) is 0 Å². The fourth-order valence-electron chi connectivity index (χ4n) is 3.52. The fourth-order valence-corrected chi connectivity index (χ4v) is 4.43. The minimum atomic E-state index is -1.77. The number of benzene rings is 3. The number of amidine groups is 1. The topological polar surface area (TPSA) is 135 Å². The van der Waals surface area contributed by atoms with E-state index in [1.165, 1.54) is 0 Å². The summed E-state index contributed by atoms with van der Waals surface area (Å²) in [5.74, 6) is -0.436. The van der Waals surface area contributed by atoms with E-state index >= 15 is 0 Å². The molecule has 0 saturated carbocycles. The Morgan fingerprint density at radius 2 is 1.59 bits per heavy atom. The summed E-state index contributed by atoms with van der Waals surface area (Å²) in [6.07, 6.45) is 0.253. The van der Waals surface area contributed by atoms with Crippen molar-refractivity contribution in [2.45, 2.75) is 25.1 Å². The van der Waals surface area contributed by atoms with E-state index in [4.69, 9.17) is 22.7 Å². The number of thiocarbonyl (C=S) groups is 1. The molecule has 0 saturated heterocycles. The van der Waals surface area contributed by atoms with E-state index < -0.39 is 34.7 Å². The molecule has 3 atom stereocenters. The predicted octanol–water partition coefficient (Wildman–Crippen LogP) is 2.02. The van der Waals surface area contributed by atoms with Crippen LogP contribution in [0.3, 0.4) is 0 Å². The standard InChI is InChI=1S/C26H25N5O4S2/c27-21(15-17-11-13-20(14-12-17)35-16-18-7-3-1-4-8-18)23(32)28-22(19-9-5-2-6-10-19)24(33)29-25-30-31-26(36)37(25)34/h1-14,21-22H,15-16,27H2,(H,28,32)(H,31,36)(H,29,30,33)/t21-,22?,37?/m0/s1. The van der Waals surface area contributed by atoms with Crippen molar-refractivity contribution in [1.29, 1.82) is 0 Å². The monoisotopic (exact) mass is 535 g/mol. The maximum absolute atomic E-state index is 13.0. The van der Waals surface area contributed by atoms with Gasteiger partial charge in [0.1, 0.15) is 18.4 Å². The quantitative estimate of drug-likeness (QED) is 0.308. The molecule has 2 unspecified atom stereocenters. The minimum absolute atomic E-state index is 0.00546. The van der Waals surface area contributed by atoms with Gasteiger partial charge in [-0.25, -0.2) is 4.21 Å². The first kappa shape index (κ1) is 26.1. The lowest BCUT2D eigenvalue weighted by Gasteiger charge is -2.21. The van der Waals surface area contributed by atoms with E-state index in [0.717, 1.165) is 11.1 Å². The summed E-state index contributed by atoms with van der Waals surface area (Å²) in [7, 11) is -1.77. The van der Waals surface area contributed by atoms with Crippen LogP contribution >= 0.6 is 12.2 Å². The Morgan fingerprint density at radius 3 is 2.22 bits per heavy atom. The molecular weight excluding hydrogens is 510 g/mol. The van der Waals surface area contributed by atoms with Crippen LogP contribution in [0.4, 0.5) is 0 Å². The Labute approximate surface area is 221 Å². The third kappa shape index (κ3) is 7.06. The van der Waals surface area contributed by atoms with Gasteiger partial charge in [-0.05, 0) is 47.5 Å². The van der Waals surface area contributed by atoms with Crippen molar-refractivity contribution >= 4 is 44.3 Å². The molecule has 5 N–H and O–H groups in total. The highest BCUT2D eigenvalue weighted by molar-refractivity contribution is 8.22. The first-order valence-corrected chi connectivity index (χ1v) is 12.9. The van der Waals surface area contributed by atoms with Gasteiger partial charge in [-0.2, -0.15) is 0 Å². The highest BCUT2D eigenvalue weighted by atomic mass is 32.2. The lowest BCUT2D eigenvalue weighted by atomic mass is 10.0. The van der Waals surface area contributed by atoms with Gasteiger partial charge in [-0.15, -0.1) is 5.10 Å². The molecule has 4 rings (SSSR count). The highest BCUT2D eigenvalue weighted by Crippen LogP contribution is 2.17. The van der Waals surface area contributed by atoms with Gasteiger partial charge in [0.2, 0.25) is 11.1 Å². The number of amides is 2. The number of nitrogens with two attached hydrogens (primary N) is 1. The first-order chi connectivity index (χ1) is 17.9. The van der Waals surface area contributed by atoms with Crippen molar-refractivity contribution in [3.8, 4) is 5.75 Å². The van der Waals surface area contributed by atoms with E-state index in [0.29, 0.717) is 17.9 Å².